The largest absolute Gasteiger partial charge is 0.316 e. The third kappa shape index (κ3) is 5.67. The quantitative estimate of drug-likeness (QED) is 0.710. The third-order valence-corrected chi connectivity index (χ3v) is 4.34. The molecule has 15 heavy (non-hydrogen) atoms. The summed E-state index contributed by atoms with van der Waals surface area (Å²) >= 11 is 0. The molecule has 0 aromatic rings. The molecule has 3 heteroatoms. The van der Waals surface area contributed by atoms with E-state index < -0.39 is 10.8 Å². The minimum Gasteiger partial charge on any atom is -0.316 e. The Morgan fingerprint density at radius 2 is 2.07 bits per heavy atom. The highest BCUT2D eigenvalue weighted by Crippen LogP contribution is 2.28. The van der Waals surface area contributed by atoms with Crippen molar-refractivity contribution in [1.82, 2.24) is 5.32 Å². The van der Waals surface area contributed by atoms with Crippen molar-refractivity contribution >= 4 is 10.8 Å². The van der Waals surface area contributed by atoms with Crippen molar-refractivity contribution in [3.8, 4) is 0 Å². The minimum absolute atomic E-state index is 0.621. The van der Waals surface area contributed by atoms with Crippen LogP contribution in [0.1, 0.15) is 39.0 Å². The molecule has 1 N–H and O–H groups in total. The van der Waals surface area contributed by atoms with Crippen LogP contribution in [-0.4, -0.2) is 29.3 Å². The Bertz CT molecular complexity index is 196. The minimum atomic E-state index is -0.621. The highest BCUT2D eigenvalue weighted by molar-refractivity contribution is 7.84. The van der Waals surface area contributed by atoms with Gasteiger partial charge in [-0.25, -0.2) is 0 Å². The topological polar surface area (TPSA) is 29.1 Å². The van der Waals surface area contributed by atoms with Gasteiger partial charge in [-0.1, -0.05) is 26.2 Å². The average molecular weight is 231 g/mol. The maximum atomic E-state index is 10.8. The highest BCUT2D eigenvalue weighted by atomic mass is 32.2. The second kappa shape index (κ2) is 7.39. The van der Waals surface area contributed by atoms with Gasteiger partial charge in [-0.05, 0) is 37.8 Å². The maximum Gasteiger partial charge on any atom is 0.0244 e. The Balaban J connectivity index is 2.01. The first-order valence-electron chi connectivity index (χ1n) is 6.21. The number of nitrogens with one attached hydrogen (secondary N) is 1. The fraction of sp³-hybridized carbons (Fsp3) is 1.00. The molecule has 1 aliphatic carbocycles. The first-order chi connectivity index (χ1) is 7.20. The summed E-state index contributed by atoms with van der Waals surface area (Å²) < 4.78 is 10.8. The van der Waals surface area contributed by atoms with E-state index in [0.717, 1.165) is 37.1 Å². The van der Waals surface area contributed by atoms with Crippen LogP contribution in [0.25, 0.3) is 0 Å². The molecule has 0 saturated heterocycles. The SMILES string of the molecule is CC1CCCCC1CNCCCS(C)=O. The zero-order valence-electron chi connectivity index (χ0n) is 10.1. The lowest BCUT2D eigenvalue weighted by molar-refractivity contribution is 0.248. The summed E-state index contributed by atoms with van der Waals surface area (Å²) in [4.78, 5) is 0. The van der Waals surface area contributed by atoms with Gasteiger partial charge in [0.15, 0.2) is 0 Å². The van der Waals surface area contributed by atoms with Crippen LogP contribution in [0.4, 0.5) is 0 Å². The van der Waals surface area contributed by atoms with Gasteiger partial charge in [-0.2, -0.15) is 0 Å². The van der Waals surface area contributed by atoms with Gasteiger partial charge in [0, 0.05) is 22.8 Å². The Labute approximate surface area is 96.7 Å². The molecule has 0 spiro atoms. The van der Waals surface area contributed by atoms with E-state index >= 15 is 0 Å². The molecule has 0 radical (unpaired) electrons. The summed E-state index contributed by atoms with van der Waals surface area (Å²) in [5, 5.41) is 3.51. The van der Waals surface area contributed by atoms with Crippen molar-refractivity contribution in [3.63, 3.8) is 0 Å². The van der Waals surface area contributed by atoms with Gasteiger partial charge in [0.25, 0.3) is 0 Å². The lowest BCUT2D eigenvalue weighted by Crippen LogP contribution is -2.30. The first kappa shape index (κ1) is 13.2. The Kier molecular flexibility index (Phi) is 6.50. The molecule has 0 aliphatic heterocycles. The third-order valence-electron chi connectivity index (χ3n) is 3.48. The second-order valence-corrected chi connectivity index (χ2v) is 6.41. The Hall–Kier alpha value is 0.110. The molecule has 1 fully saturated rings. The molecule has 0 aromatic heterocycles. The van der Waals surface area contributed by atoms with Crippen LogP contribution in [0.3, 0.4) is 0 Å². The lowest BCUT2D eigenvalue weighted by Gasteiger charge is -2.28. The van der Waals surface area contributed by atoms with Crippen molar-refractivity contribution in [2.45, 2.75) is 39.0 Å². The fourth-order valence-electron chi connectivity index (χ4n) is 2.38. The van der Waals surface area contributed by atoms with E-state index in [0.29, 0.717) is 0 Å². The lowest BCUT2D eigenvalue weighted by atomic mass is 9.80. The van der Waals surface area contributed by atoms with E-state index in [4.69, 9.17) is 0 Å². The van der Waals surface area contributed by atoms with Gasteiger partial charge >= 0.3 is 0 Å². The molecule has 3 atom stereocenters. The van der Waals surface area contributed by atoms with Crippen LogP contribution in [-0.2, 0) is 10.8 Å². The van der Waals surface area contributed by atoms with Crippen LogP contribution < -0.4 is 5.32 Å². The van der Waals surface area contributed by atoms with Gasteiger partial charge in [0.05, 0.1) is 0 Å². The standard InChI is InChI=1S/C12H25NOS/c1-11-6-3-4-7-12(11)10-13-8-5-9-15(2)14/h11-13H,3-10H2,1-2H3. The molecule has 2 nitrogen and oxygen atoms in total. The fourth-order valence-corrected chi connectivity index (χ4v) is 2.94. The normalized spacial score (nSPS) is 28.9. The van der Waals surface area contributed by atoms with Crippen molar-refractivity contribution in [2.24, 2.45) is 11.8 Å². The molecule has 0 heterocycles. The molecular weight excluding hydrogens is 206 g/mol. The molecule has 0 amide bonds. The van der Waals surface area contributed by atoms with E-state index in [-0.39, 0.29) is 0 Å². The molecule has 1 rings (SSSR count). The zero-order valence-corrected chi connectivity index (χ0v) is 10.9. The molecule has 1 saturated carbocycles. The summed E-state index contributed by atoms with van der Waals surface area (Å²) in [7, 11) is -0.621. The van der Waals surface area contributed by atoms with Crippen LogP contribution in [0.15, 0.2) is 0 Å². The van der Waals surface area contributed by atoms with E-state index in [1.807, 2.05) is 0 Å². The van der Waals surface area contributed by atoms with Gasteiger partial charge in [0.1, 0.15) is 0 Å². The van der Waals surface area contributed by atoms with Crippen LogP contribution in [0.2, 0.25) is 0 Å². The average Bonchev–Trinajstić information content (AvgIpc) is 2.20. The van der Waals surface area contributed by atoms with Gasteiger partial charge in [-0.3, -0.25) is 4.21 Å². The van der Waals surface area contributed by atoms with E-state index in [2.05, 4.69) is 12.2 Å². The van der Waals surface area contributed by atoms with Crippen molar-refractivity contribution in [1.29, 1.82) is 0 Å². The van der Waals surface area contributed by atoms with Crippen molar-refractivity contribution in [3.05, 3.63) is 0 Å². The van der Waals surface area contributed by atoms with Crippen LogP contribution >= 0.6 is 0 Å². The summed E-state index contributed by atoms with van der Waals surface area (Å²) in [5.41, 5.74) is 0. The van der Waals surface area contributed by atoms with E-state index in [1.54, 1.807) is 6.26 Å². The Morgan fingerprint density at radius 1 is 1.33 bits per heavy atom. The summed E-state index contributed by atoms with van der Waals surface area (Å²) in [5.74, 6) is 2.62. The smallest absolute Gasteiger partial charge is 0.0244 e. The highest BCUT2D eigenvalue weighted by Gasteiger charge is 2.20. The molecule has 1 aliphatic rings. The van der Waals surface area contributed by atoms with Crippen molar-refractivity contribution < 1.29 is 4.21 Å². The molecular formula is C12H25NOS. The summed E-state index contributed by atoms with van der Waals surface area (Å²) in [6.07, 6.45) is 8.47. The maximum absolute atomic E-state index is 10.8. The Morgan fingerprint density at radius 3 is 2.73 bits per heavy atom. The predicted octanol–water partition coefficient (Wildman–Crippen LogP) is 2.17. The number of hydrogen-bond donors (Lipinski definition) is 1. The van der Waals surface area contributed by atoms with Gasteiger partial charge in [-0.15, -0.1) is 0 Å². The van der Waals surface area contributed by atoms with E-state index in [1.165, 1.54) is 25.7 Å². The van der Waals surface area contributed by atoms with Crippen LogP contribution in [0, 0.1) is 11.8 Å². The number of rotatable bonds is 6. The van der Waals surface area contributed by atoms with Crippen LogP contribution in [0.5, 0.6) is 0 Å². The van der Waals surface area contributed by atoms with Gasteiger partial charge in [0.2, 0.25) is 0 Å². The monoisotopic (exact) mass is 231 g/mol. The summed E-state index contributed by atoms with van der Waals surface area (Å²) in [6, 6.07) is 0. The first-order valence-corrected chi connectivity index (χ1v) is 7.93. The summed E-state index contributed by atoms with van der Waals surface area (Å²) in [6.45, 7) is 4.58. The van der Waals surface area contributed by atoms with Gasteiger partial charge < -0.3 is 5.32 Å². The number of hydrogen-bond acceptors (Lipinski definition) is 2. The molecule has 0 aromatic carbocycles. The molecule has 3 unspecified atom stereocenters. The second-order valence-electron chi connectivity index (χ2n) is 4.86. The predicted molar refractivity (Wildman–Crippen MR) is 67.5 cm³/mol. The van der Waals surface area contributed by atoms with E-state index in [9.17, 15) is 4.21 Å². The zero-order chi connectivity index (χ0) is 11.1. The molecule has 0 bridgehead atoms. The van der Waals surface area contributed by atoms with Crippen molar-refractivity contribution in [2.75, 3.05) is 25.1 Å². The molecule has 90 valence electrons.